The van der Waals surface area contributed by atoms with Crippen LogP contribution in [0.3, 0.4) is 0 Å². The number of aryl methyl sites for hydroxylation is 1. The van der Waals surface area contributed by atoms with Gasteiger partial charge in [0, 0.05) is 11.1 Å². The number of thiazole rings is 1. The third-order valence-electron chi connectivity index (χ3n) is 4.25. The van der Waals surface area contributed by atoms with Gasteiger partial charge in [0.05, 0.1) is 21.2 Å². The second kappa shape index (κ2) is 9.90. The van der Waals surface area contributed by atoms with E-state index in [0.29, 0.717) is 18.0 Å². The van der Waals surface area contributed by atoms with Crippen LogP contribution < -0.4 is 15.2 Å². The molecule has 0 unspecified atom stereocenters. The number of ether oxygens (including phenoxy) is 2. The van der Waals surface area contributed by atoms with Crippen molar-refractivity contribution in [2.45, 2.75) is 31.5 Å². The van der Waals surface area contributed by atoms with E-state index in [4.69, 9.17) is 14.6 Å². The van der Waals surface area contributed by atoms with Crippen molar-refractivity contribution in [3.05, 3.63) is 70.2 Å². The summed E-state index contributed by atoms with van der Waals surface area (Å²) in [5.74, 6) is -0.667. The fraction of sp³-hybridized carbons (Fsp3) is 0.190. The Morgan fingerprint density at radius 1 is 1.12 bits per heavy atom. The summed E-state index contributed by atoms with van der Waals surface area (Å²) < 4.78 is 33.4. The number of aromatic nitrogens is 1. The lowest BCUT2D eigenvalue weighted by Gasteiger charge is -2.14. The predicted octanol–water partition coefficient (Wildman–Crippen LogP) is 2.86. The van der Waals surface area contributed by atoms with Crippen LogP contribution in [0.15, 0.2) is 58.8 Å². The van der Waals surface area contributed by atoms with Crippen molar-refractivity contribution >= 4 is 38.9 Å². The van der Waals surface area contributed by atoms with Crippen molar-refractivity contribution in [3.8, 4) is 5.75 Å². The molecule has 11 heteroatoms. The number of rotatable bonds is 8. The number of esters is 1. The topological polar surface area (TPSA) is 138 Å². The van der Waals surface area contributed by atoms with Gasteiger partial charge in [0.2, 0.25) is 10.0 Å². The number of sulfonamides is 1. The van der Waals surface area contributed by atoms with Gasteiger partial charge in [0.15, 0.2) is 6.10 Å². The Kier molecular flexibility index (Phi) is 7.23. The first-order chi connectivity index (χ1) is 15.1. The molecule has 9 nitrogen and oxygen atoms in total. The van der Waals surface area contributed by atoms with Crippen LogP contribution in [0.1, 0.15) is 28.0 Å². The zero-order valence-corrected chi connectivity index (χ0v) is 18.9. The summed E-state index contributed by atoms with van der Waals surface area (Å²) in [7, 11) is -3.82. The summed E-state index contributed by atoms with van der Waals surface area (Å²) in [5, 5.41) is 10.5. The molecule has 0 aliphatic heterocycles. The van der Waals surface area contributed by atoms with Gasteiger partial charge in [-0.3, -0.25) is 4.79 Å². The first-order valence-electron chi connectivity index (χ1n) is 9.40. The summed E-state index contributed by atoms with van der Waals surface area (Å²) >= 11 is 1.54. The molecule has 0 aliphatic rings. The number of nitrogens with two attached hydrogens (primary N) is 1. The molecule has 0 spiro atoms. The molecule has 0 fully saturated rings. The lowest BCUT2D eigenvalue weighted by molar-refractivity contribution is -0.123. The molecular weight excluding hydrogens is 454 g/mol. The Morgan fingerprint density at radius 2 is 1.78 bits per heavy atom. The zero-order chi connectivity index (χ0) is 23.3. The van der Waals surface area contributed by atoms with Gasteiger partial charge in [-0.15, -0.1) is 11.3 Å². The van der Waals surface area contributed by atoms with Crippen molar-refractivity contribution < 1.29 is 27.5 Å². The molecule has 1 atom stereocenters. The van der Waals surface area contributed by atoms with Crippen LogP contribution in [0.25, 0.3) is 0 Å². The minimum atomic E-state index is -3.82. The molecule has 0 radical (unpaired) electrons. The first kappa shape index (κ1) is 23.4. The van der Waals surface area contributed by atoms with E-state index in [1.807, 2.05) is 12.3 Å². The van der Waals surface area contributed by atoms with E-state index >= 15 is 0 Å². The van der Waals surface area contributed by atoms with Gasteiger partial charge in [-0.25, -0.2) is 23.3 Å². The van der Waals surface area contributed by atoms with Crippen LogP contribution in [0, 0.1) is 6.92 Å². The van der Waals surface area contributed by atoms with Crippen molar-refractivity contribution in [3.63, 3.8) is 0 Å². The molecule has 2 aromatic carbocycles. The SMILES string of the molecule is Cc1nc(COc2ccc(C(=O)O[C@@H](C)C(=O)Nc3ccc(S(N)(=O)=O)cc3)cc2)cs1. The Balaban J connectivity index is 1.52. The number of carbonyl (C=O) groups is 2. The fourth-order valence-electron chi connectivity index (χ4n) is 2.57. The van der Waals surface area contributed by atoms with Crippen molar-refractivity contribution in [1.82, 2.24) is 4.98 Å². The lowest BCUT2D eigenvalue weighted by Crippen LogP contribution is -2.30. The highest BCUT2D eigenvalue weighted by molar-refractivity contribution is 7.89. The number of nitrogens with zero attached hydrogens (tertiary/aromatic N) is 1. The number of hydrogen-bond acceptors (Lipinski definition) is 8. The summed E-state index contributed by atoms with van der Waals surface area (Å²) in [6, 6.07) is 11.7. The van der Waals surface area contributed by atoms with Gasteiger partial charge in [0.1, 0.15) is 12.4 Å². The van der Waals surface area contributed by atoms with Gasteiger partial charge >= 0.3 is 5.97 Å². The average Bonchev–Trinajstić information content (AvgIpc) is 3.17. The molecule has 1 heterocycles. The van der Waals surface area contributed by atoms with Gasteiger partial charge in [0.25, 0.3) is 5.91 Å². The number of primary sulfonamides is 1. The average molecular weight is 476 g/mol. The summed E-state index contributed by atoms with van der Waals surface area (Å²) in [5.41, 5.74) is 1.43. The molecule has 32 heavy (non-hydrogen) atoms. The van der Waals surface area contributed by atoms with Crippen molar-refractivity contribution in [2.24, 2.45) is 5.14 Å². The fourth-order valence-corrected chi connectivity index (χ4v) is 3.69. The largest absolute Gasteiger partial charge is 0.487 e. The highest BCUT2D eigenvalue weighted by Gasteiger charge is 2.19. The summed E-state index contributed by atoms with van der Waals surface area (Å²) in [6.07, 6.45) is -1.08. The summed E-state index contributed by atoms with van der Waals surface area (Å²) in [4.78, 5) is 28.8. The number of nitrogens with one attached hydrogen (secondary N) is 1. The first-order valence-corrected chi connectivity index (χ1v) is 11.8. The van der Waals surface area contributed by atoms with E-state index in [2.05, 4.69) is 10.3 Å². The standard InChI is InChI=1S/C21H21N3O6S2/c1-13(20(25)24-16-5-9-19(10-6-16)32(22,27)28)30-21(26)15-3-7-18(8-4-15)29-11-17-12-31-14(2)23-17/h3-10,12-13H,11H2,1-2H3,(H,24,25)(H2,22,27,28)/t13-/m0/s1. The van der Waals surface area contributed by atoms with Crippen LogP contribution in [0.2, 0.25) is 0 Å². The molecule has 3 aromatic rings. The van der Waals surface area contributed by atoms with Gasteiger partial charge in [-0.05, 0) is 62.4 Å². The number of hydrogen-bond donors (Lipinski definition) is 2. The second-order valence-corrected chi connectivity index (χ2v) is 9.40. The Bertz CT molecular complexity index is 1210. The maximum Gasteiger partial charge on any atom is 0.338 e. The van der Waals surface area contributed by atoms with Crippen LogP contribution >= 0.6 is 11.3 Å². The number of amides is 1. The van der Waals surface area contributed by atoms with Crippen LogP contribution in [0.5, 0.6) is 5.75 Å². The third kappa shape index (κ3) is 6.36. The molecule has 0 bridgehead atoms. The van der Waals surface area contributed by atoms with E-state index in [1.54, 1.807) is 35.6 Å². The Hall–Kier alpha value is -3.28. The molecule has 0 saturated heterocycles. The van der Waals surface area contributed by atoms with Crippen LogP contribution in [0.4, 0.5) is 5.69 Å². The maximum atomic E-state index is 12.3. The predicted molar refractivity (Wildman–Crippen MR) is 119 cm³/mol. The third-order valence-corrected chi connectivity index (χ3v) is 6.00. The van der Waals surface area contributed by atoms with Crippen LogP contribution in [-0.2, 0) is 26.2 Å². The molecule has 3 rings (SSSR count). The quantitative estimate of drug-likeness (QED) is 0.478. The minimum Gasteiger partial charge on any atom is -0.487 e. The minimum absolute atomic E-state index is 0.0795. The smallest absolute Gasteiger partial charge is 0.338 e. The molecular formula is C21H21N3O6S2. The molecule has 3 N–H and O–H groups in total. The van der Waals surface area contributed by atoms with Crippen LogP contribution in [-0.4, -0.2) is 31.4 Å². The van der Waals surface area contributed by atoms with E-state index in [0.717, 1.165) is 10.7 Å². The molecule has 168 valence electrons. The van der Waals surface area contributed by atoms with E-state index in [-0.39, 0.29) is 10.5 Å². The summed E-state index contributed by atoms with van der Waals surface area (Å²) in [6.45, 7) is 3.67. The number of anilines is 1. The molecule has 0 aliphatic carbocycles. The molecule has 1 aromatic heterocycles. The van der Waals surface area contributed by atoms with Gasteiger partial charge in [-0.2, -0.15) is 0 Å². The Morgan fingerprint density at radius 3 is 2.34 bits per heavy atom. The second-order valence-electron chi connectivity index (χ2n) is 6.78. The van der Waals surface area contributed by atoms with Crippen molar-refractivity contribution in [1.29, 1.82) is 0 Å². The molecule has 0 saturated carbocycles. The van der Waals surface area contributed by atoms with E-state index in [1.165, 1.54) is 31.2 Å². The Labute approximate surface area is 189 Å². The normalized spacial score (nSPS) is 12.1. The monoisotopic (exact) mass is 475 g/mol. The van der Waals surface area contributed by atoms with E-state index < -0.39 is 28.0 Å². The highest BCUT2D eigenvalue weighted by atomic mass is 32.2. The molecule has 1 amide bonds. The highest BCUT2D eigenvalue weighted by Crippen LogP contribution is 2.17. The maximum absolute atomic E-state index is 12.3. The number of carbonyl (C=O) groups excluding carboxylic acids is 2. The van der Waals surface area contributed by atoms with Gasteiger partial charge < -0.3 is 14.8 Å². The van der Waals surface area contributed by atoms with E-state index in [9.17, 15) is 18.0 Å². The lowest BCUT2D eigenvalue weighted by atomic mass is 10.2. The zero-order valence-electron chi connectivity index (χ0n) is 17.3. The van der Waals surface area contributed by atoms with Gasteiger partial charge in [-0.1, -0.05) is 0 Å². The van der Waals surface area contributed by atoms with Crippen molar-refractivity contribution in [2.75, 3.05) is 5.32 Å². The number of benzene rings is 2.